The molecule has 0 saturated carbocycles. The molecule has 252 valence electrons. The molecule has 0 radical (unpaired) electrons. The number of epoxide rings is 1. The summed E-state index contributed by atoms with van der Waals surface area (Å²) >= 11 is 1.98. The van der Waals surface area contributed by atoms with E-state index in [0.717, 1.165) is 12.0 Å². The van der Waals surface area contributed by atoms with Crippen molar-refractivity contribution in [3.05, 3.63) is 36.0 Å². The second-order valence-electron chi connectivity index (χ2n) is 12.2. The van der Waals surface area contributed by atoms with Gasteiger partial charge in [-0.05, 0) is 45.6 Å². The third-order valence-electron chi connectivity index (χ3n) is 8.23. The largest absolute Gasteiger partial charge is 0.459 e. The molecule has 4 N–H and O–H groups in total. The number of allylic oxidation sites excluding steroid dienone is 2. The molecule has 3 fully saturated rings. The van der Waals surface area contributed by atoms with Crippen LogP contribution in [0.3, 0.4) is 0 Å². The molecule has 3 aliphatic rings. The smallest absolute Gasteiger partial charge is 0.303 e. The summed E-state index contributed by atoms with van der Waals surface area (Å²) in [5.74, 6) is -0.719. The quantitative estimate of drug-likeness (QED) is 0.0396. The zero-order valence-corrected chi connectivity index (χ0v) is 28.9. The molecular weight excluding hydrogens is 697 g/mol. The van der Waals surface area contributed by atoms with Crippen LogP contribution >= 0.6 is 22.6 Å². The molecule has 9 atom stereocenters. The fourth-order valence-electron chi connectivity index (χ4n) is 5.62. The number of halogens is 1. The normalized spacial score (nSPS) is 32.3. The van der Waals surface area contributed by atoms with Crippen LogP contribution in [0, 0.1) is 5.92 Å². The van der Waals surface area contributed by atoms with Gasteiger partial charge in [0.25, 0.3) is 0 Å². The molecule has 1 spiro atoms. The number of nitrogens with one attached hydrogen (secondary N) is 3. The Labute approximate surface area is 279 Å². The van der Waals surface area contributed by atoms with Gasteiger partial charge in [0.15, 0.2) is 0 Å². The first kappa shape index (κ1) is 37.1. The summed E-state index contributed by atoms with van der Waals surface area (Å²) in [6.07, 6.45) is 8.22. The standard InChI is InChI=1S/C32H48IN3O9/c1-19(6-9-26-20(2)14-25(22(4)44-26)36-28(38)11-8-21(3)43-23(5)37)7-10-27-31(41)32(18-42-32)16-24(45-27)15-29(39)34-12-13-35-30(40)17-33/h6-8,10-11,20-22,24-27,31,41H,9,12-18H2,1-5H3,(H,34,39)(H,35,40)(H,36,38)/t20-,21-,22+,24+,25+,26-,27+,31+,32+/m0/s1. The lowest BCUT2D eigenvalue weighted by Gasteiger charge is -2.39. The van der Waals surface area contributed by atoms with Crippen LogP contribution in [-0.4, -0.2) is 101 Å². The molecule has 0 aromatic rings. The number of alkyl halides is 1. The molecule has 3 saturated heterocycles. The number of rotatable bonds is 14. The van der Waals surface area contributed by atoms with Gasteiger partial charge in [0, 0.05) is 32.5 Å². The average Bonchev–Trinajstić information content (AvgIpc) is 3.75. The zero-order valence-electron chi connectivity index (χ0n) is 26.8. The van der Waals surface area contributed by atoms with Gasteiger partial charge in [-0.15, -0.1) is 0 Å². The Morgan fingerprint density at radius 3 is 2.42 bits per heavy atom. The summed E-state index contributed by atoms with van der Waals surface area (Å²) in [6.45, 7) is 10.2. The second-order valence-corrected chi connectivity index (χ2v) is 12.9. The van der Waals surface area contributed by atoms with Gasteiger partial charge in [-0.3, -0.25) is 19.2 Å². The first-order valence-electron chi connectivity index (χ1n) is 15.5. The molecule has 0 unspecified atom stereocenters. The molecule has 0 aromatic carbocycles. The third-order valence-corrected chi connectivity index (χ3v) is 8.92. The number of carbonyl (C=O) groups excluding carboxylic acids is 4. The van der Waals surface area contributed by atoms with Crippen molar-refractivity contribution in [1.82, 2.24) is 16.0 Å². The van der Waals surface area contributed by atoms with E-state index in [9.17, 15) is 24.3 Å². The fourth-order valence-corrected chi connectivity index (χ4v) is 5.89. The van der Waals surface area contributed by atoms with E-state index in [1.807, 2.05) is 48.6 Å². The summed E-state index contributed by atoms with van der Waals surface area (Å²) in [4.78, 5) is 47.3. The van der Waals surface area contributed by atoms with E-state index in [0.29, 0.717) is 37.0 Å². The molecular formula is C32H48IN3O9. The van der Waals surface area contributed by atoms with Crippen molar-refractivity contribution in [2.75, 3.05) is 24.1 Å². The lowest BCUT2D eigenvalue weighted by Crippen LogP contribution is -2.51. The molecule has 45 heavy (non-hydrogen) atoms. The second kappa shape index (κ2) is 17.5. The van der Waals surface area contributed by atoms with Crippen LogP contribution in [0.1, 0.15) is 60.3 Å². The van der Waals surface area contributed by atoms with Crippen LogP contribution in [0.4, 0.5) is 0 Å². The highest BCUT2D eigenvalue weighted by Crippen LogP contribution is 2.43. The zero-order chi connectivity index (χ0) is 33.1. The minimum Gasteiger partial charge on any atom is -0.459 e. The van der Waals surface area contributed by atoms with Crippen molar-refractivity contribution < 1.29 is 43.2 Å². The maximum Gasteiger partial charge on any atom is 0.303 e. The molecule has 0 aliphatic carbocycles. The number of ether oxygens (including phenoxy) is 4. The number of esters is 1. The number of amides is 3. The monoisotopic (exact) mass is 745 g/mol. The highest BCUT2D eigenvalue weighted by Gasteiger charge is 2.58. The molecule has 3 rings (SSSR count). The van der Waals surface area contributed by atoms with E-state index in [1.54, 1.807) is 13.0 Å². The predicted molar refractivity (Wildman–Crippen MR) is 175 cm³/mol. The maximum atomic E-state index is 12.5. The van der Waals surface area contributed by atoms with Crippen LogP contribution in [0.5, 0.6) is 0 Å². The molecule has 12 nitrogen and oxygen atoms in total. The van der Waals surface area contributed by atoms with E-state index in [1.165, 1.54) is 13.0 Å². The number of aliphatic hydroxyl groups is 1. The summed E-state index contributed by atoms with van der Waals surface area (Å²) < 4.78 is 23.4. The molecule has 0 bridgehead atoms. The first-order valence-corrected chi connectivity index (χ1v) is 17.1. The number of carbonyl (C=O) groups is 4. The lowest BCUT2D eigenvalue weighted by molar-refractivity contribution is -0.145. The Kier molecular flexibility index (Phi) is 14.5. The van der Waals surface area contributed by atoms with Crippen LogP contribution in [0.25, 0.3) is 0 Å². The highest BCUT2D eigenvalue weighted by molar-refractivity contribution is 14.1. The Morgan fingerprint density at radius 1 is 1.09 bits per heavy atom. The van der Waals surface area contributed by atoms with Crippen LogP contribution in [0.15, 0.2) is 36.0 Å². The van der Waals surface area contributed by atoms with Gasteiger partial charge in [-0.1, -0.05) is 53.3 Å². The van der Waals surface area contributed by atoms with E-state index in [2.05, 4.69) is 29.0 Å². The van der Waals surface area contributed by atoms with Crippen LogP contribution in [-0.2, 0) is 38.1 Å². The lowest BCUT2D eigenvalue weighted by atomic mass is 9.87. The molecule has 0 aromatic heterocycles. The van der Waals surface area contributed by atoms with Crippen molar-refractivity contribution in [1.29, 1.82) is 0 Å². The molecule has 3 heterocycles. The average molecular weight is 746 g/mol. The third kappa shape index (κ3) is 12.1. The van der Waals surface area contributed by atoms with E-state index >= 15 is 0 Å². The van der Waals surface area contributed by atoms with Crippen LogP contribution < -0.4 is 16.0 Å². The summed E-state index contributed by atoms with van der Waals surface area (Å²) in [5, 5.41) is 19.4. The van der Waals surface area contributed by atoms with E-state index in [-0.39, 0.29) is 48.3 Å². The topological polar surface area (TPSA) is 165 Å². The molecule has 3 amide bonds. The predicted octanol–water partition coefficient (Wildman–Crippen LogP) is 2.03. The van der Waals surface area contributed by atoms with Gasteiger partial charge in [-0.25, -0.2) is 0 Å². The van der Waals surface area contributed by atoms with E-state index in [4.69, 9.17) is 18.9 Å². The maximum absolute atomic E-state index is 12.5. The highest BCUT2D eigenvalue weighted by atomic mass is 127. The minimum atomic E-state index is -0.834. The first-order chi connectivity index (χ1) is 21.3. The van der Waals surface area contributed by atoms with Gasteiger partial charge in [-0.2, -0.15) is 0 Å². The van der Waals surface area contributed by atoms with Crippen molar-refractivity contribution in [2.24, 2.45) is 5.92 Å². The molecule has 3 aliphatic heterocycles. The number of hydrogen-bond donors (Lipinski definition) is 4. The fraction of sp³-hybridized carbons (Fsp3) is 0.688. The van der Waals surface area contributed by atoms with Gasteiger partial charge in [0.05, 0.1) is 41.8 Å². The summed E-state index contributed by atoms with van der Waals surface area (Å²) in [7, 11) is 0. The molecule has 13 heteroatoms. The van der Waals surface area contributed by atoms with Crippen molar-refractivity contribution in [3.8, 4) is 0 Å². The van der Waals surface area contributed by atoms with E-state index < -0.39 is 36.0 Å². The van der Waals surface area contributed by atoms with Crippen molar-refractivity contribution in [2.45, 2.75) is 109 Å². The Balaban J connectivity index is 1.47. The van der Waals surface area contributed by atoms with Gasteiger partial charge in [0.2, 0.25) is 17.7 Å². The SMILES string of the molecule is CC(=O)O[C@@H](C)C=CC(=O)N[C@@H]1C[C@H](C)[C@H](CC=C(C)C=C[C@H]2O[C@H](CC(=O)NCCNC(=O)CI)C[C@@]3(CO3)[C@@H]2O)O[C@@H]1C. The summed E-state index contributed by atoms with van der Waals surface area (Å²) in [5.41, 5.74) is 0.296. The van der Waals surface area contributed by atoms with Gasteiger partial charge >= 0.3 is 5.97 Å². The van der Waals surface area contributed by atoms with Crippen molar-refractivity contribution in [3.63, 3.8) is 0 Å². The van der Waals surface area contributed by atoms with Crippen molar-refractivity contribution >= 4 is 46.3 Å². The number of hydrogen-bond acceptors (Lipinski definition) is 9. The Hall–Kier alpha value is -2.33. The van der Waals surface area contributed by atoms with Gasteiger partial charge < -0.3 is 40.0 Å². The Bertz CT molecular complexity index is 1140. The minimum absolute atomic E-state index is 0.0199. The van der Waals surface area contributed by atoms with Crippen LogP contribution in [0.2, 0.25) is 0 Å². The Morgan fingerprint density at radius 2 is 1.78 bits per heavy atom. The van der Waals surface area contributed by atoms with Gasteiger partial charge in [0.1, 0.15) is 23.9 Å². The number of aliphatic hydroxyl groups excluding tert-OH is 1. The summed E-state index contributed by atoms with van der Waals surface area (Å²) in [6, 6.07) is -0.138.